The number of hydrogen-bond donors (Lipinski definition) is 0. The number of hydrogen-bond acceptors (Lipinski definition) is 3. The van der Waals surface area contributed by atoms with Crippen molar-refractivity contribution in [2.24, 2.45) is 0 Å². The van der Waals surface area contributed by atoms with Crippen molar-refractivity contribution in [2.75, 3.05) is 26.2 Å². The number of amides is 2. The van der Waals surface area contributed by atoms with E-state index in [4.69, 9.17) is 16.0 Å². The Balaban J connectivity index is 1.45. The van der Waals surface area contributed by atoms with Crippen LogP contribution in [0.5, 0.6) is 0 Å². The van der Waals surface area contributed by atoms with Crippen LogP contribution >= 0.6 is 11.6 Å². The Morgan fingerprint density at radius 1 is 0.889 bits per heavy atom. The number of rotatable bonds is 2. The molecular weight excluding hydrogens is 364 g/mol. The lowest BCUT2D eigenvalue weighted by molar-refractivity contribution is 0.0519. The molecule has 138 valence electrons. The number of furan rings is 1. The molecule has 6 heteroatoms. The summed E-state index contributed by atoms with van der Waals surface area (Å²) in [5, 5.41) is 1.56. The van der Waals surface area contributed by atoms with Crippen molar-refractivity contribution >= 4 is 34.4 Å². The first-order valence-electron chi connectivity index (χ1n) is 8.87. The molecule has 5 nitrogen and oxygen atoms in total. The number of halogens is 1. The van der Waals surface area contributed by atoms with Crippen LogP contribution in [0.4, 0.5) is 0 Å². The molecular formula is C21H19ClN2O3. The lowest BCUT2D eigenvalue weighted by Crippen LogP contribution is -2.50. The standard InChI is InChI=1S/C21H19ClN2O3/c1-14-17-4-2-3-5-18(17)27-19(14)21(26)24-12-10-23(11-13-24)20(25)15-6-8-16(22)9-7-15/h2-9H,10-13H2,1H3. The average Bonchev–Trinajstić information content (AvgIpc) is 3.04. The molecule has 27 heavy (non-hydrogen) atoms. The van der Waals surface area contributed by atoms with Crippen LogP contribution in [0.3, 0.4) is 0 Å². The third-order valence-corrected chi connectivity index (χ3v) is 5.24. The summed E-state index contributed by atoms with van der Waals surface area (Å²) in [6.07, 6.45) is 0. The molecule has 0 spiro atoms. The van der Waals surface area contributed by atoms with E-state index < -0.39 is 0 Å². The Morgan fingerprint density at radius 2 is 1.48 bits per heavy atom. The van der Waals surface area contributed by atoms with Crippen LogP contribution in [0, 0.1) is 6.92 Å². The second-order valence-electron chi connectivity index (χ2n) is 6.64. The highest BCUT2D eigenvalue weighted by Gasteiger charge is 2.28. The van der Waals surface area contributed by atoms with Gasteiger partial charge < -0.3 is 14.2 Å². The monoisotopic (exact) mass is 382 g/mol. The van der Waals surface area contributed by atoms with E-state index in [0.717, 1.165) is 16.5 Å². The molecule has 2 amide bonds. The molecule has 1 aliphatic rings. The molecule has 4 rings (SSSR count). The molecule has 0 bridgehead atoms. The molecule has 2 heterocycles. The maximum Gasteiger partial charge on any atom is 0.290 e. The second-order valence-corrected chi connectivity index (χ2v) is 7.08. The van der Waals surface area contributed by atoms with E-state index in [9.17, 15) is 9.59 Å². The zero-order valence-corrected chi connectivity index (χ0v) is 15.7. The van der Waals surface area contributed by atoms with Gasteiger partial charge in [0.05, 0.1) is 0 Å². The average molecular weight is 383 g/mol. The predicted molar refractivity (Wildman–Crippen MR) is 104 cm³/mol. The van der Waals surface area contributed by atoms with Gasteiger partial charge in [-0.05, 0) is 37.3 Å². The normalized spacial score (nSPS) is 14.6. The lowest BCUT2D eigenvalue weighted by Gasteiger charge is -2.34. The zero-order valence-electron chi connectivity index (χ0n) is 14.9. The number of piperazine rings is 1. The van der Waals surface area contributed by atoms with Gasteiger partial charge in [0.15, 0.2) is 5.76 Å². The Bertz CT molecular complexity index is 1000. The van der Waals surface area contributed by atoms with Gasteiger partial charge in [0.1, 0.15) is 5.58 Å². The fourth-order valence-corrected chi connectivity index (χ4v) is 3.54. The van der Waals surface area contributed by atoms with Gasteiger partial charge in [0, 0.05) is 47.7 Å². The number of nitrogens with zero attached hydrogens (tertiary/aromatic N) is 2. The molecule has 0 N–H and O–H groups in total. The van der Waals surface area contributed by atoms with Crippen molar-refractivity contribution in [1.29, 1.82) is 0 Å². The largest absolute Gasteiger partial charge is 0.451 e. The second kappa shape index (κ2) is 7.08. The van der Waals surface area contributed by atoms with E-state index in [2.05, 4.69) is 0 Å². The van der Waals surface area contributed by atoms with Crippen molar-refractivity contribution in [2.45, 2.75) is 6.92 Å². The molecule has 1 saturated heterocycles. The minimum Gasteiger partial charge on any atom is -0.451 e. The Kier molecular flexibility index (Phi) is 4.62. The number of carbonyl (C=O) groups is 2. The van der Waals surface area contributed by atoms with Gasteiger partial charge in [0.25, 0.3) is 11.8 Å². The first-order chi connectivity index (χ1) is 13.0. The maximum absolute atomic E-state index is 12.9. The molecule has 1 aliphatic heterocycles. The lowest BCUT2D eigenvalue weighted by atomic mass is 10.1. The molecule has 0 atom stereocenters. The summed E-state index contributed by atoms with van der Waals surface area (Å²) < 4.78 is 5.78. The smallest absolute Gasteiger partial charge is 0.290 e. The Labute approximate surface area is 162 Å². The number of fused-ring (bicyclic) bond motifs is 1. The van der Waals surface area contributed by atoms with Crippen LogP contribution in [0.2, 0.25) is 5.02 Å². The minimum atomic E-state index is -0.123. The summed E-state index contributed by atoms with van der Waals surface area (Å²) in [6, 6.07) is 14.5. The quantitative estimate of drug-likeness (QED) is 0.673. The summed E-state index contributed by atoms with van der Waals surface area (Å²) in [6.45, 7) is 3.85. The minimum absolute atomic E-state index is 0.0429. The van der Waals surface area contributed by atoms with Crippen molar-refractivity contribution in [3.8, 4) is 0 Å². The van der Waals surface area contributed by atoms with Gasteiger partial charge in [-0.3, -0.25) is 9.59 Å². The first-order valence-corrected chi connectivity index (χ1v) is 9.24. The molecule has 1 fully saturated rings. The fraction of sp³-hybridized carbons (Fsp3) is 0.238. The molecule has 0 aliphatic carbocycles. The third-order valence-electron chi connectivity index (χ3n) is 4.98. The van der Waals surface area contributed by atoms with Crippen LogP contribution in [0.25, 0.3) is 11.0 Å². The summed E-state index contributed by atoms with van der Waals surface area (Å²) in [7, 11) is 0. The van der Waals surface area contributed by atoms with Crippen LogP contribution in [-0.2, 0) is 0 Å². The van der Waals surface area contributed by atoms with Crippen molar-refractivity contribution in [1.82, 2.24) is 9.80 Å². The summed E-state index contributed by atoms with van der Waals surface area (Å²) in [4.78, 5) is 29.0. The highest BCUT2D eigenvalue weighted by Crippen LogP contribution is 2.26. The van der Waals surface area contributed by atoms with E-state index in [0.29, 0.717) is 42.5 Å². The van der Waals surface area contributed by atoms with Crippen LogP contribution in [-0.4, -0.2) is 47.8 Å². The van der Waals surface area contributed by atoms with Gasteiger partial charge in [0.2, 0.25) is 0 Å². The van der Waals surface area contributed by atoms with Gasteiger partial charge in [-0.1, -0.05) is 29.8 Å². The van der Waals surface area contributed by atoms with E-state index in [1.165, 1.54) is 0 Å². The third kappa shape index (κ3) is 3.30. The molecule has 0 unspecified atom stereocenters. The van der Waals surface area contributed by atoms with Crippen molar-refractivity contribution in [3.05, 3.63) is 70.4 Å². The van der Waals surface area contributed by atoms with E-state index in [1.54, 1.807) is 34.1 Å². The van der Waals surface area contributed by atoms with Gasteiger partial charge in [-0.2, -0.15) is 0 Å². The highest BCUT2D eigenvalue weighted by atomic mass is 35.5. The van der Waals surface area contributed by atoms with Gasteiger partial charge in [-0.25, -0.2) is 0 Å². The van der Waals surface area contributed by atoms with Crippen LogP contribution in [0.1, 0.15) is 26.5 Å². The fourth-order valence-electron chi connectivity index (χ4n) is 3.41. The molecule has 1 aromatic heterocycles. The molecule has 3 aromatic rings. The van der Waals surface area contributed by atoms with Crippen molar-refractivity contribution in [3.63, 3.8) is 0 Å². The van der Waals surface area contributed by atoms with E-state index >= 15 is 0 Å². The SMILES string of the molecule is Cc1c(C(=O)N2CCN(C(=O)c3ccc(Cl)cc3)CC2)oc2ccccc12. The summed E-state index contributed by atoms with van der Waals surface area (Å²) in [5.41, 5.74) is 2.18. The van der Waals surface area contributed by atoms with Gasteiger partial charge in [-0.15, -0.1) is 0 Å². The summed E-state index contributed by atoms with van der Waals surface area (Å²) in [5.74, 6) is 0.217. The summed E-state index contributed by atoms with van der Waals surface area (Å²) >= 11 is 5.88. The van der Waals surface area contributed by atoms with Crippen LogP contribution < -0.4 is 0 Å². The van der Waals surface area contributed by atoms with Gasteiger partial charge >= 0.3 is 0 Å². The maximum atomic E-state index is 12.9. The first kappa shape index (κ1) is 17.6. The highest BCUT2D eigenvalue weighted by molar-refractivity contribution is 6.30. The Hall–Kier alpha value is -2.79. The number of benzene rings is 2. The van der Waals surface area contributed by atoms with Crippen LogP contribution in [0.15, 0.2) is 52.9 Å². The topological polar surface area (TPSA) is 53.8 Å². The zero-order chi connectivity index (χ0) is 19.0. The molecule has 0 radical (unpaired) electrons. The van der Waals surface area contributed by atoms with E-state index in [1.807, 2.05) is 31.2 Å². The number of para-hydroxylation sites is 1. The molecule has 0 saturated carbocycles. The van der Waals surface area contributed by atoms with E-state index in [-0.39, 0.29) is 11.8 Å². The van der Waals surface area contributed by atoms with Crippen molar-refractivity contribution < 1.29 is 14.0 Å². The number of aryl methyl sites for hydroxylation is 1. The molecule has 2 aromatic carbocycles. The predicted octanol–water partition coefficient (Wildman–Crippen LogP) is 3.99. The number of carbonyl (C=O) groups excluding carboxylic acids is 2. The Morgan fingerprint density at radius 3 is 2.11 bits per heavy atom.